The molecule has 0 aliphatic carbocycles. The normalized spacial score (nSPS) is 10.4. The molecule has 126 valence electrons. The van der Waals surface area contributed by atoms with Gasteiger partial charge in [-0.25, -0.2) is 0 Å². The number of carbonyl (C=O) groups is 2. The van der Waals surface area contributed by atoms with E-state index in [0.717, 1.165) is 21.0 Å². The second-order valence-electron chi connectivity index (χ2n) is 5.54. The molecular weight excluding hydrogens is 350 g/mol. The van der Waals surface area contributed by atoms with Gasteiger partial charge in [0.1, 0.15) is 0 Å². The average Bonchev–Trinajstić information content (AvgIpc) is 3.15. The maximum absolute atomic E-state index is 12.3. The molecular formula is C20H17NO2S2. The van der Waals surface area contributed by atoms with Crippen LogP contribution in [0.5, 0.6) is 0 Å². The van der Waals surface area contributed by atoms with Gasteiger partial charge in [-0.3, -0.25) is 9.59 Å². The monoisotopic (exact) mass is 367 g/mol. The van der Waals surface area contributed by atoms with Crippen LogP contribution in [0.3, 0.4) is 0 Å². The Morgan fingerprint density at radius 1 is 1.04 bits per heavy atom. The molecule has 0 aliphatic heterocycles. The summed E-state index contributed by atoms with van der Waals surface area (Å²) < 4.78 is 0. The maximum Gasteiger partial charge on any atom is 0.255 e. The summed E-state index contributed by atoms with van der Waals surface area (Å²) in [5, 5.41) is 4.80. The first-order chi connectivity index (χ1) is 12.1. The van der Waals surface area contributed by atoms with Crippen molar-refractivity contribution in [3.8, 4) is 0 Å². The van der Waals surface area contributed by atoms with Crippen molar-refractivity contribution < 1.29 is 9.59 Å². The first-order valence-corrected chi connectivity index (χ1v) is 9.66. The number of Topliss-reactive ketones (excluding diaryl/α,β-unsaturated/α-hetero) is 1. The van der Waals surface area contributed by atoms with Crippen molar-refractivity contribution in [1.29, 1.82) is 0 Å². The van der Waals surface area contributed by atoms with E-state index in [-0.39, 0.29) is 11.7 Å². The molecule has 5 heteroatoms. The van der Waals surface area contributed by atoms with E-state index in [9.17, 15) is 9.59 Å². The summed E-state index contributed by atoms with van der Waals surface area (Å²) in [6, 6.07) is 18.7. The van der Waals surface area contributed by atoms with Crippen molar-refractivity contribution in [3.63, 3.8) is 0 Å². The molecule has 0 aliphatic rings. The number of nitrogens with one attached hydrogen (secondary N) is 1. The molecule has 0 atom stereocenters. The number of ketones is 1. The lowest BCUT2D eigenvalue weighted by Gasteiger charge is -2.07. The summed E-state index contributed by atoms with van der Waals surface area (Å²) in [4.78, 5) is 26.1. The van der Waals surface area contributed by atoms with Crippen LogP contribution in [-0.2, 0) is 0 Å². The lowest BCUT2D eigenvalue weighted by atomic mass is 10.1. The molecule has 3 nitrogen and oxygen atoms in total. The summed E-state index contributed by atoms with van der Waals surface area (Å²) in [6.45, 7) is 1.99. The van der Waals surface area contributed by atoms with Crippen molar-refractivity contribution in [1.82, 2.24) is 0 Å². The molecule has 0 radical (unpaired) electrons. The minimum atomic E-state index is -0.142. The quantitative estimate of drug-likeness (QED) is 0.476. The highest BCUT2D eigenvalue weighted by Crippen LogP contribution is 2.24. The first-order valence-electron chi connectivity index (χ1n) is 7.79. The van der Waals surface area contributed by atoms with Crippen LogP contribution < -0.4 is 5.32 Å². The number of benzene rings is 2. The number of aryl methyl sites for hydroxylation is 1. The largest absolute Gasteiger partial charge is 0.322 e. The van der Waals surface area contributed by atoms with Gasteiger partial charge in [-0.05, 0) is 48.7 Å². The zero-order chi connectivity index (χ0) is 17.6. The Labute approximate surface area is 155 Å². The van der Waals surface area contributed by atoms with Crippen LogP contribution in [0.15, 0.2) is 70.9 Å². The Kier molecular flexibility index (Phi) is 5.68. The molecule has 3 rings (SSSR count). The number of thioether (sulfide) groups is 1. The van der Waals surface area contributed by atoms with E-state index in [1.165, 1.54) is 23.1 Å². The summed E-state index contributed by atoms with van der Waals surface area (Å²) in [6.07, 6.45) is 0. The van der Waals surface area contributed by atoms with Gasteiger partial charge in [0.15, 0.2) is 5.78 Å². The van der Waals surface area contributed by atoms with Crippen LogP contribution in [-0.4, -0.2) is 17.4 Å². The van der Waals surface area contributed by atoms with E-state index in [0.29, 0.717) is 11.3 Å². The highest BCUT2D eigenvalue weighted by molar-refractivity contribution is 8.00. The van der Waals surface area contributed by atoms with Crippen LogP contribution in [0.2, 0.25) is 0 Å². The highest BCUT2D eigenvalue weighted by atomic mass is 32.2. The minimum Gasteiger partial charge on any atom is -0.322 e. The van der Waals surface area contributed by atoms with Crippen LogP contribution in [0.25, 0.3) is 0 Å². The smallest absolute Gasteiger partial charge is 0.255 e. The standard InChI is InChI=1S/C20H17NO2S2/c1-14-7-9-15(10-8-14)20(23)21-16-4-2-5-17(12-16)25-13-18(22)19-6-3-11-24-19/h2-12H,13H2,1H3,(H,21,23). The average molecular weight is 367 g/mol. The van der Waals surface area contributed by atoms with E-state index in [4.69, 9.17) is 0 Å². The molecule has 2 aromatic carbocycles. The Morgan fingerprint density at radius 3 is 2.56 bits per heavy atom. The summed E-state index contributed by atoms with van der Waals surface area (Å²) in [5.74, 6) is 0.362. The van der Waals surface area contributed by atoms with Crippen molar-refractivity contribution in [2.45, 2.75) is 11.8 Å². The van der Waals surface area contributed by atoms with Crippen LogP contribution in [0, 0.1) is 6.92 Å². The van der Waals surface area contributed by atoms with Gasteiger partial charge in [-0.1, -0.05) is 29.8 Å². The molecule has 1 aromatic heterocycles. The van der Waals surface area contributed by atoms with Crippen molar-refractivity contribution in [3.05, 3.63) is 82.0 Å². The third-order valence-electron chi connectivity index (χ3n) is 3.57. The molecule has 0 fully saturated rings. The lowest BCUT2D eigenvalue weighted by Crippen LogP contribution is -2.11. The predicted octanol–water partition coefficient (Wildman–Crippen LogP) is 5.28. The molecule has 1 heterocycles. The predicted molar refractivity (Wildman–Crippen MR) is 105 cm³/mol. The molecule has 0 saturated heterocycles. The third-order valence-corrected chi connectivity index (χ3v) is 5.48. The topological polar surface area (TPSA) is 46.2 Å². The summed E-state index contributed by atoms with van der Waals surface area (Å²) in [7, 11) is 0. The maximum atomic E-state index is 12.3. The van der Waals surface area contributed by atoms with Crippen LogP contribution >= 0.6 is 23.1 Å². The van der Waals surface area contributed by atoms with Gasteiger partial charge in [0.05, 0.1) is 10.6 Å². The van der Waals surface area contributed by atoms with E-state index >= 15 is 0 Å². The Hall–Kier alpha value is -2.37. The first kappa shape index (κ1) is 17.5. The number of rotatable bonds is 6. The second kappa shape index (κ2) is 8.14. The number of thiophene rings is 1. The van der Waals surface area contributed by atoms with E-state index < -0.39 is 0 Å². The van der Waals surface area contributed by atoms with Crippen molar-refractivity contribution >= 4 is 40.5 Å². The SMILES string of the molecule is Cc1ccc(C(=O)Nc2cccc(SCC(=O)c3cccs3)c2)cc1. The lowest BCUT2D eigenvalue weighted by molar-refractivity contribution is 0.101. The van der Waals surface area contributed by atoms with Gasteiger partial charge < -0.3 is 5.32 Å². The van der Waals surface area contributed by atoms with Crippen LogP contribution in [0.1, 0.15) is 25.6 Å². The van der Waals surface area contributed by atoms with E-state index in [1.54, 1.807) is 0 Å². The fourth-order valence-corrected chi connectivity index (χ4v) is 3.82. The van der Waals surface area contributed by atoms with Gasteiger partial charge in [0.2, 0.25) is 0 Å². The zero-order valence-corrected chi connectivity index (χ0v) is 15.3. The van der Waals surface area contributed by atoms with E-state index in [2.05, 4.69) is 5.32 Å². The van der Waals surface area contributed by atoms with Crippen molar-refractivity contribution in [2.75, 3.05) is 11.1 Å². The van der Waals surface area contributed by atoms with E-state index in [1.807, 2.05) is 73.0 Å². The molecule has 0 bridgehead atoms. The molecule has 0 saturated carbocycles. The Bertz CT molecular complexity index is 871. The summed E-state index contributed by atoms with van der Waals surface area (Å²) >= 11 is 2.93. The zero-order valence-electron chi connectivity index (χ0n) is 13.7. The number of hydrogen-bond donors (Lipinski definition) is 1. The Morgan fingerprint density at radius 2 is 1.84 bits per heavy atom. The molecule has 1 N–H and O–H groups in total. The highest BCUT2D eigenvalue weighted by Gasteiger charge is 2.09. The number of carbonyl (C=O) groups excluding carboxylic acids is 2. The second-order valence-corrected chi connectivity index (χ2v) is 7.53. The molecule has 0 spiro atoms. The Balaban J connectivity index is 1.62. The summed E-state index contributed by atoms with van der Waals surface area (Å²) in [5.41, 5.74) is 2.46. The van der Waals surface area contributed by atoms with Crippen LogP contribution in [0.4, 0.5) is 5.69 Å². The fraction of sp³-hybridized carbons (Fsp3) is 0.100. The molecule has 0 unspecified atom stereocenters. The van der Waals surface area contributed by atoms with Gasteiger partial charge in [-0.15, -0.1) is 23.1 Å². The third kappa shape index (κ3) is 4.81. The van der Waals surface area contributed by atoms with Gasteiger partial charge in [-0.2, -0.15) is 0 Å². The minimum absolute atomic E-state index is 0.120. The van der Waals surface area contributed by atoms with Crippen molar-refractivity contribution in [2.24, 2.45) is 0 Å². The van der Waals surface area contributed by atoms with Gasteiger partial charge in [0.25, 0.3) is 5.91 Å². The molecule has 3 aromatic rings. The van der Waals surface area contributed by atoms with Gasteiger partial charge in [0, 0.05) is 16.1 Å². The number of hydrogen-bond acceptors (Lipinski definition) is 4. The number of amides is 1. The molecule has 25 heavy (non-hydrogen) atoms. The fourth-order valence-electron chi connectivity index (χ4n) is 2.23. The molecule has 1 amide bonds. The van der Waals surface area contributed by atoms with Gasteiger partial charge >= 0.3 is 0 Å². The number of anilines is 1.